The van der Waals surface area contributed by atoms with Gasteiger partial charge in [-0.15, -0.1) is 6.42 Å². The Morgan fingerprint density at radius 3 is 3.14 bits per heavy atom. The number of amides is 1. The van der Waals surface area contributed by atoms with Gasteiger partial charge in [-0.1, -0.05) is 5.92 Å². The first-order chi connectivity index (χ1) is 6.77. The van der Waals surface area contributed by atoms with E-state index in [0.29, 0.717) is 12.1 Å². The Kier molecular flexibility index (Phi) is 3.45. The average Bonchev–Trinajstić information content (AvgIpc) is 2.21. The molecule has 0 radical (unpaired) electrons. The molecular formula is C11H10N2O. The number of anilines is 1. The molecule has 3 heteroatoms. The Hall–Kier alpha value is -2.08. The molecule has 0 saturated carbocycles. The fourth-order valence-corrected chi connectivity index (χ4v) is 0.990. The molecule has 3 nitrogen and oxygen atoms in total. The standard InChI is InChI=1S/C11H10N2O/c1-3-9(2)6-10-4-5-12-7-11(10)13-8-14/h1,4-8H,2H3,(H,13,14)/b9-6+. The van der Waals surface area contributed by atoms with Crippen LogP contribution in [-0.2, 0) is 4.79 Å². The van der Waals surface area contributed by atoms with Crippen LogP contribution in [0.25, 0.3) is 6.08 Å². The SMILES string of the molecule is C#C/C(C)=C/c1ccncc1NC=O. The summed E-state index contributed by atoms with van der Waals surface area (Å²) in [7, 11) is 0. The fourth-order valence-electron chi connectivity index (χ4n) is 0.990. The number of terminal acetylenes is 1. The molecule has 0 unspecified atom stereocenters. The lowest BCUT2D eigenvalue weighted by molar-refractivity contribution is -0.105. The van der Waals surface area contributed by atoms with Gasteiger partial charge < -0.3 is 5.32 Å². The van der Waals surface area contributed by atoms with Crippen molar-refractivity contribution < 1.29 is 4.79 Å². The van der Waals surface area contributed by atoms with E-state index in [2.05, 4.69) is 16.2 Å². The number of rotatable bonds is 3. The van der Waals surface area contributed by atoms with Gasteiger partial charge >= 0.3 is 0 Å². The van der Waals surface area contributed by atoms with Gasteiger partial charge in [-0.2, -0.15) is 0 Å². The first-order valence-electron chi connectivity index (χ1n) is 4.07. The second kappa shape index (κ2) is 4.83. The lowest BCUT2D eigenvalue weighted by Gasteiger charge is -2.02. The molecule has 0 aromatic carbocycles. The highest BCUT2D eigenvalue weighted by atomic mass is 16.1. The van der Waals surface area contributed by atoms with Crippen molar-refractivity contribution in [3.8, 4) is 12.3 Å². The molecule has 0 aliphatic heterocycles. The van der Waals surface area contributed by atoms with E-state index in [1.54, 1.807) is 18.5 Å². The Morgan fingerprint density at radius 2 is 2.50 bits per heavy atom. The molecule has 0 aliphatic rings. The molecule has 1 N–H and O–H groups in total. The summed E-state index contributed by atoms with van der Waals surface area (Å²) in [6.07, 6.45) is 10.9. The van der Waals surface area contributed by atoms with Crippen LogP contribution >= 0.6 is 0 Å². The summed E-state index contributed by atoms with van der Waals surface area (Å²) in [5, 5.41) is 2.55. The Balaban J connectivity index is 3.08. The molecule has 1 aromatic heterocycles. The highest BCUT2D eigenvalue weighted by Gasteiger charge is 1.97. The average molecular weight is 186 g/mol. The molecule has 1 heterocycles. The molecule has 1 amide bonds. The van der Waals surface area contributed by atoms with Crippen LogP contribution in [0.3, 0.4) is 0 Å². The van der Waals surface area contributed by atoms with E-state index in [4.69, 9.17) is 6.42 Å². The van der Waals surface area contributed by atoms with Crippen LogP contribution in [-0.4, -0.2) is 11.4 Å². The minimum absolute atomic E-state index is 0.611. The molecule has 70 valence electrons. The van der Waals surface area contributed by atoms with Crippen LogP contribution in [0.1, 0.15) is 12.5 Å². The highest BCUT2D eigenvalue weighted by molar-refractivity contribution is 5.78. The van der Waals surface area contributed by atoms with Crippen molar-refractivity contribution in [1.82, 2.24) is 4.98 Å². The van der Waals surface area contributed by atoms with Gasteiger partial charge in [-0.25, -0.2) is 0 Å². The molecule has 0 saturated heterocycles. The zero-order chi connectivity index (χ0) is 10.4. The van der Waals surface area contributed by atoms with Gasteiger partial charge in [0.1, 0.15) is 0 Å². The molecule has 0 spiro atoms. The van der Waals surface area contributed by atoms with E-state index in [1.807, 2.05) is 13.0 Å². The molecule has 0 aliphatic carbocycles. The van der Waals surface area contributed by atoms with E-state index >= 15 is 0 Å². The summed E-state index contributed by atoms with van der Waals surface area (Å²) in [6.45, 7) is 1.82. The van der Waals surface area contributed by atoms with Crippen molar-refractivity contribution in [3.63, 3.8) is 0 Å². The van der Waals surface area contributed by atoms with Crippen molar-refractivity contribution in [3.05, 3.63) is 29.6 Å². The van der Waals surface area contributed by atoms with Crippen LogP contribution in [0.5, 0.6) is 0 Å². The number of pyridine rings is 1. The summed E-state index contributed by atoms with van der Waals surface area (Å²) in [5.41, 5.74) is 2.30. The number of aromatic nitrogens is 1. The quantitative estimate of drug-likeness (QED) is 0.576. The topological polar surface area (TPSA) is 42.0 Å². The molecule has 0 bridgehead atoms. The summed E-state index contributed by atoms with van der Waals surface area (Å²) in [5.74, 6) is 2.51. The van der Waals surface area contributed by atoms with Gasteiger partial charge in [-0.3, -0.25) is 9.78 Å². The molecular weight excluding hydrogens is 176 g/mol. The molecule has 0 fully saturated rings. The van der Waals surface area contributed by atoms with Gasteiger partial charge in [0.15, 0.2) is 0 Å². The zero-order valence-electron chi connectivity index (χ0n) is 7.82. The second-order valence-electron chi connectivity index (χ2n) is 2.70. The summed E-state index contributed by atoms with van der Waals surface area (Å²) < 4.78 is 0. The minimum atomic E-state index is 0.611. The Labute approximate surface area is 82.9 Å². The maximum absolute atomic E-state index is 10.3. The van der Waals surface area contributed by atoms with Crippen molar-refractivity contribution in [2.24, 2.45) is 0 Å². The molecule has 1 rings (SSSR count). The first-order valence-corrected chi connectivity index (χ1v) is 4.07. The van der Waals surface area contributed by atoms with E-state index in [9.17, 15) is 4.79 Å². The highest BCUT2D eigenvalue weighted by Crippen LogP contribution is 2.15. The van der Waals surface area contributed by atoms with Crippen LogP contribution in [0, 0.1) is 12.3 Å². The van der Waals surface area contributed by atoms with E-state index < -0.39 is 0 Å². The van der Waals surface area contributed by atoms with E-state index in [0.717, 1.165) is 11.1 Å². The minimum Gasteiger partial charge on any atom is -0.327 e. The van der Waals surface area contributed by atoms with Crippen molar-refractivity contribution >= 4 is 18.2 Å². The second-order valence-corrected chi connectivity index (χ2v) is 2.70. The van der Waals surface area contributed by atoms with Crippen molar-refractivity contribution in [1.29, 1.82) is 0 Å². The summed E-state index contributed by atoms with van der Waals surface area (Å²) in [6, 6.07) is 1.78. The molecule has 1 aromatic rings. The number of allylic oxidation sites excluding steroid dienone is 1. The van der Waals surface area contributed by atoms with Gasteiger partial charge in [0.05, 0.1) is 11.9 Å². The van der Waals surface area contributed by atoms with E-state index in [-0.39, 0.29) is 0 Å². The predicted molar refractivity (Wildman–Crippen MR) is 56.4 cm³/mol. The Morgan fingerprint density at radius 1 is 1.71 bits per heavy atom. The van der Waals surface area contributed by atoms with E-state index in [1.165, 1.54) is 0 Å². The largest absolute Gasteiger partial charge is 0.327 e. The van der Waals surface area contributed by atoms with Crippen molar-refractivity contribution in [2.75, 3.05) is 5.32 Å². The Bertz CT molecular complexity index is 402. The predicted octanol–water partition coefficient (Wildman–Crippen LogP) is 1.69. The summed E-state index contributed by atoms with van der Waals surface area (Å²) >= 11 is 0. The monoisotopic (exact) mass is 186 g/mol. The number of hydrogen-bond donors (Lipinski definition) is 1. The first kappa shape index (κ1) is 10.0. The third-order valence-electron chi connectivity index (χ3n) is 1.67. The lowest BCUT2D eigenvalue weighted by atomic mass is 10.1. The lowest BCUT2D eigenvalue weighted by Crippen LogP contribution is -1.96. The number of nitrogens with one attached hydrogen (secondary N) is 1. The van der Waals surface area contributed by atoms with Gasteiger partial charge in [0.2, 0.25) is 6.41 Å². The van der Waals surface area contributed by atoms with Gasteiger partial charge in [-0.05, 0) is 24.6 Å². The third kappa shape index (κ3) is 2.46. The summed E-state index contributed by atoms with van der Waals surface area (Å²) in [4.78, 5) is 14.2. The third-order valence-corrected chi connectivity index (χ3v) is 1.67. The number of carbonyl (C=O) groups is 1. The maximum Gasteiger partial charge on any atom is 0.211 e. The van der Waals surface area contributed by atoms with Crippen LogP contribution in [0.2, 0.25) is 0 Å². The normalized spacial score (nSPS) is 10.4. The zero-order valence-corrected chi connectivity index (χ0v) is 7.82. The fraction of sp³-hybridized carbons (Fsp3) is 0.0909. The van der Waals surface area contributed by atoms with Crippen LogP contribution in [0.15, 0.2) is 24.0 Å². The van der Waals surface area contributed by atoms with Gasteiger partial charge in [0, 0.05) is 11.8 Å². The van der Waals surface area contributed by atoms with Crippen molar-refractivity contribution in [2.45, 2.75) is 6.92 Å². The number of hydrogen-bond acceptors (Lipinski definition) is 2. The molecule has 0 atom stereocenters. The van der Waals surface area contributed by atoms with Gasteiger partial charge in [0.25, 0.3) is 0 Å². The van der Waals surface area contributed by atoms with Crippen LogP contribution < -0.4 is 5.32 Å². The number of nitrogens with zero attached hydrogens (tertiary/aromatic N) is 1. The molecule has 14 heavy (non-hydrogen) atoms. The number of carbonyl (C=O) groups excluding carboxylic acids is 1. The smallest absolute Gasteiger partial charge is 0.211 e. The van der Waals surface area contributed by atoms with Crippen LogP contribution in [0.4, 0.5) is 5.69 Å². The maximum atomic E-state index is 10.3.